The lowest BCUT2D eigenvalue weighted by atomic mass is 9.96. The number of pyridine rings is 1. The van der Waals surface area contributed by atoms with Crippen molar-refractivity contribution < 1.29 is 26.3 Å². The van der Waals surface area contributed by atoms with E-state index in [9.17, 15) is 26.3 Å². The van der Waals surface area contributed by atoms with Gasteiger partial charge in [0, 0.05) is 34.8 Å². The summed E-state index contributed by atoms with van der Waals surface area (Å²) in [6.07, 6.45) is -3.37. The Labute approximate surface area is 156 Å². The number of nitrogens with zero attached hydrogens (tertiary/aromatic N) is 1. The van der Waals surface area contributed by atoms with Crippen molar-refractivity contribution in [1.29, 1.82) is 0 Å². The summed E-state index contributed by atoms with van der Waals surface area (Å²) in [5.41, 5.74) is -2.38. The van der Waals surface area contributed by atoms with Crippen molar-refractivity contribution in [3.05, 3.63) is 41.1 Å². The van der Waals surface area contributed by atoms with Gasteiger partial charge in [0.2, 0.25) is 0 Å². The quantitative estimate of drug-likeness (QED) is 0.389. The lowest BCUT2D eigenvalue weighted by molar-refractivity contribution is -0.138. The average Bonchev–Trinajstić information content (AvgIpc) is 2.59. The van der Waals surface area contributed by atoms with Crippen LogP contribution >= 0.6 is 11.8 Å². The van der Waals surface area contributed by atoms with Gasteiger partial charge in [-0.25, -0.2) is 4.98 Å². The van der Waals surface area contributed by atoms with Gasteiger partial charge in [0.25, 0.3) is 0 Å². The number of benzene rings is 1. The van der Waals surface area contributed by atoms with Crippen LogP contribution in [0.4, 0.5) is 32.2 Å². The Morgan fingerprint density at radius 1 is 1.15 bits per heavy atom. The second-order valence-corrected chi connectivity index (χ2v) is 6.61. The molecule has 144 valence electrons. The lowest BCUT2D eigenvalue weighted by Crippen LogP contribution is -2.12. The molecular formula is C18H14F6N2S. The minimum absolute atomic E-state index is 0.0497. The molecule has 27 heavy (non-hydrogen) atoms. The minimum Gasteiger partial charge on any atom is -0.373 e. The normalized spacial score (nSPS) is 12.0. The van der Waals surface area contributed by atoms with Crippen LogP contribution in [0.25, 0.3) is 11.1 Å². The van der Waals surface area contributed by atoms with Gasteiger partial charge in [0.05, 0.1) is 11.1 Å². The molecule has 0 atom stereocenters. The molecule has 0 aliphatic rings. The van der Waals surface area contributed by atoms with Gasteiger partial charge in [-0.15, -0.1) is 18.2 Å². The van der Waals surface area contributed by atoms with Crippen molar-refractivity contribution >= 4 is 17.6 Å². The smallest absolute Gasteiger partial charge is 0.373 e. The van der Waals surface area contributed by atoms with Crippen molar-refractivity contribution in [2.45, 2.75) is 24.2 Å². The maximum atomic E-state index is 13.3. The Morgan fingerprint density at radius 3 is 2.30 bits per heavy atom. The third-order valence-corrected chi connectivity index (χ3v) is 4.58. The van der Waals surface area contributed by atoms with Gasteiger partial charge in [0.15, 0.2) is 0 Å². The fourth-order valence-corrected chi connectivity index (χ4v) is 3.35. The van der Waals surface area contributed by atoms with Crippen LogP contribution in [0.2, 0.25) is 0 Å². The summed E-state index contributed by atoms with van der Waals surface area (Å²) in [5, 5.41) is 2.66. The number of rotatable bonds is 4. The van der Waals surface area contributed by atoms with Gasteiger partial charge in [-0.1, -0.05) is 18.9 Å². The van der Waals surface area contributed by atoms with Crippen LogP contribution in [0.5, 0.6) is 0 Å². The second-order valence-electron chi connectivity index (χ2n) is 5.30. The van der Waals surface area contributed by atoms with Gasteiger partial charge < -0.3 is 5.32 Å². The molecule has 0 spiro atoms. The number of nitrogens with one attached hydrogen (secondary N) is 1. The van der Waals surface area contributed by atoms with Crippen molar-refractivity contribution in [3.63, 3.8) is 0 Å². The fourth-order valence-electron chi connectivity index (χ4n) is 2.51. The Kier molecular flexibility index (Phi) is 6.00. The summed E-state index contributed by atoms with van der Waals surface area (Å²) in [5.74, 6) is 2.49. The number of hydrogen-bond acceptors (Lipinski definition) is 3. The van der Waals surface area contributed by atoms with Crippen molar-refractivity contribution in [1.82, 2.24) is 4.98 Å². The van der Waals surface area contributed by atoms with Crippen LogP contribution < -0.4 is 5.32 Å². The van der Waals surface area contributed by atoms with Crippen LogP contribution in [0.1, 0.15) is 23.6 Å². The van der Waals surface area contributed by atoms with Gasteiger partial charge in [0.1, 0.15) is 5.82 Å². The molecule has 1 N–H and O–H groups in total. The zero-order chi connectivity index (χ0) is 20.4. The molecule has 0 aliphatic carbocycles. The van der Waals surface area contributed by atoms with Crippen molar-refractivity contribution in [2.24, 2.45) is 0 Å². The Balaban J connectivity index is 2.86. The number of anilines is 1. The summed E-state index contributed by atoms with van der Waals surface area (Å²) in [6.45, 7) is 1.72. The van der Waals surface area contributed by atoms with E-state index < -0.39 is 29.0 Å². The molecule has 2 nitrogen and oxygen atoms in total. The average molecular weight is 404 g/mol. The Morgan fingerprint density at radius 2 is 1.81 bits per heavy atom. The summed E-state index contributed by atoms with van der Waals surface area (Å²) in [6, 6.07) is 2.85. The number of aromatic nitrogens is 1. The molecule has 0 amide bonds. The van der Waals surface area contributed by atoms with Gasteiger partial charge in [-0.2, -0.15) is 26.3 Å². The zero-order valence-electron chi connectivity index (χ0n) is 14.2. The molecule has 2 rings (SSSR count). The molecule has 1 heterocycles. The van der Waals surface area contributed by atoms with Crippen LogP contribution in [-0.4, -0.2) is 17.8 Å². The largest absolute Gasteiger partial charge is 0.419 e. The zero-order valence-corrected chi connectivity index (χ0v) is 15.0. The van der Waals surface area contributed by atoms with Gasteiger partial charge >= 0.3 is 12.4 Å². The number of alkyl halides is 6. The van der Waals surface area contributed by atoms with E-state index in [4.69, 9.17) is 6.42 Å². The van der Waals surface area contributed by atoms with Crippen LogP contribution in [0.15, 0.2) is 29.3 Å². The highest BCUT2D eigenvalue weighted by Gasteiger charge is 2.36. The Hall–Kier alpha value is -2.34. The third-order valence-electron chi connectivity index (χ3n) is 3.64. The summed E-state index contributed by atoms with van der Waals surface area (Å²) < 4.78 is 79.1. The predicted octanol–water partition coefficient (Wildman–Crippen LogP) is 5.92. The first-order chi connectivity index (χ1) is 12.5. The molecule has 1 aromatic carbocycles. The summed E-state index contributed by atoms with van der Waals surface area (Å²) >= 11 is 1.07. The van der Waals surface area contributed by atoms with E-state index in [1.165, 1.54) is 7.05 Å². The predicted molar refractivity (Wildman–Crippen MR) is 93.6 cm³/mol. The molecule has 0 fully saturated rings. The first-order valence-electron chi connectivity index (χ1n) is 7.63. The molecule has 0 radical (unpaired) electrons. The molecule has 0 saturated carbocycles. The minimum atomic E-state index is -4.75. The molecule has 0 bridgehead atoms. The van der Waals surface area contributed by atoms with E-state index >= 15 is 0 Å². The highest BCUT2D eigenvalue weighted by Crippen LogP contribution is 2.43. The highest BCUT2D eigenvalue weighted by atomic mass is 32.2. The van der Waals surface area contributed by atoms with Gasteiger partial charge in [-0.05, 0) is 17.9 Å². The molecule has 0 unspecified atom stereocenters. The van der Waals surface area contributed by atoms with Gasteiger partial charge in [-0.3, -0.25) is 0 Å². The van der Waals surface area contributed by atoms with Crippen LogP contribution in [-0.2, 0) is 12.4 Å². The third kappa shape index (κ3) is 4.33. The first-order valence-corrected chi connectivity index (χ1v) is 8.62. The second kappa shape index (κ2) is 7.72. The standard InChI is InChI=1S/C18H14F6N2S/c1-4-11-13(18(22,23)24)9-26-16(25-3)15(11)12-7-6-10(17(19,20)21)8-14(12)27-5-2/h1,6-9H,5H2,2-3H3,(H,25,26). The number of hydrogen-bond donors (Lipinski definition) is 1. The maximum absolute atomic E-state index is 13.3. The number of thioether (sulfide) groups is 1. The molecule has 1 aromatic heterocycles. The topological polar surface area (TPSA) is 24.9 Å². The summed E-state index contributed by atoms with van der Waals surface area (Å²) in [4.78, 5) is 3.93. The monoisotopic (exact) mass is 404 g/mol. The van der Waals surface area contributed by atoms with Crippen LogP contribution in [0.3, 0.4) is 0 Å². The van der Waals surface area contributed by atoms with E-state index in [1.807, 2.05) is 5.92 Å². The number of terminal acetylenes is 1. The molecule has 9 heteroatoms. The van der Waals surface area contributed by atoms with E-state index in [0.29, 0.717) is 11.9 Å². The lowest BCUT2D eigenvalue weighted by Gasteiger charge is -2.19. The molecule has 0 aliphatic heterocycles. The highest BCUT2D eigenvalue weighted by molar-refractivity contribution is 7.99. The van der Waals surface area contributed by atoms with Crippen LogP contribution in [0, 0.1) is 12.3 Å². The fraction of sp³-hybridized carbons (Fsp3) is 0.278. The first kappa shape index (κ1) is 21.0. The summed E-state index contributed by atoms with van der Waals surface area (Å²) in [7, 11) is 1.44. The maximum Gasteiger partial charge on any atom is 0.419 e. The van der Waals surface area contributed by atoms with E-state index in [1.54, 1.807) is 6.92 Å². The van der Waals surface area contributed by atoms with Crippen molar-refractivity contribution in [2.75, 3.05) is 18.1 Å². The van der Waals surface area contributed by atoms with E-state index in [2.05, 4.69) is 10.3 Å². The molecule has 0 saturated heterocycles. The molecular weight excluding hydrogens is 390 g/mol. The van der Waals surface area contributed by atoms with Crippen molar-refractivity contribution in [3.8, 4) is 23.5 Å². The van der Waals surface area contributed by atoms with E-state index in [0.717, 1.165) is 30.0 Å². The number of halogens is 6. The SMILES string of the molecule is C#Cc1c(C(F)(F)F)cnc(NC)c1-c1ccc(C(F)(F)F)cc1SCC. The Bertz CT molecular complexity index is 881. The van der Waals surface area contributed by atoms with E-state index in [-0.39, 0.29) is 21.8 Å². The molecule has 2 aromatic rings.